The van der Waals surface area contributed by atoms with Gasteiger partial charge in [0.15, 0.2) is 18.0 Å². The first kappa shape index (κ1) is 21.6. The molecular formula is C17H23BN2O6S2. The highest BCUT2D eigenvalue weighted by molar-refractivity contribution is 8.19. The Morgan fingerprint density at radius 1 is 1.32 bits per heavy atom. The van der Waals surface area contributed by atoms with Crippen LogP contribution in [0, 0.1) is 0 Å². The van der Waals surface area contributed by atoms with E-state index < -0.39 is 36.5 Å². The van der Waals surface area contributed by atoms with E-state index in [0.29, 0.717) is 16.7 Å². The predicted octanol–water partition coefficient (Wildman–Crippen LogP) is 0.724. The van der Waals surface area contributed by atoms with E-state index in [-0.39, 0.29) is 6.61 Å². The van der Waals surface area contributed by atoms with Gasteiger partial charge in [0.25, 0.3) is 0 Å². The average molecular weight is 426 g/mol. The molecule has 1 aromatic carbocycles. The van der Waals surface area contributed by atoms with Crippen LogP contribution in [0.4, 0.5) is 5.69 Å². The third kappa shape index (κ3) is 5.29. The van der Waals surface area contributed by atoms with Crippen molar-refractivity contribution >= 4 is 41.8 Å². The molecule has 8 nitrogen and oxygen atoms in total. The second kappa shape index (κ2) is 9.16. The maximum atomic E-state index is 10.4. The number of aliphatic hydroxyl groups excluding tert-OH is 2. The average Bonchev–Trinajstić information content (AvgIpc) is 2.66. The molecule has 2 saturated heterocycles. The number of benzene rings is 1. The number of fused-ring (bicyclic) bond motifs is 1. The van der Waals surface area contributed by atoms with Crippen molar-refractivity contribution in [2.24, 2.45) is 0 Å². The van der Waals surface area contributed by atoms with Crippen molar-refractivity contribution in [3.05, 3.63) is 24.3 Å². The summed E-state index contributed by atoms with van der Waals surface area (Å²) in [6, 6.07) is 6.94. The van der Waals surface area contributed by atoms with Gasteiger partial charge in [-0.3, -0.25) is 0 Å². The van der Waals surface area contributed by atoms with Crippen LogP contribution in [0.1, 0.15) is 13.8 Å². The number of hydrogen-bond acceptors (Lipinski definition) is 8. The lowest BCUT2D eigenvalue weighted by atomic mass is 9.97. The minimum absolute atomic E-state index is 0.232. The van der Waals surface area contributed by atoms with E-state index in [1.165, 1.54) is 0 Å². The van der Waals surface area contributed by atoms with Crippen molar-refractivity contribution in [3.8, 4) is 5.75 Å². The molecule has 2 fully saturated rings. The van der Waals surface area contributed by atoms with Crippen LogP contribution in [0.2, 0.25) is 0 Å². The summed E-state index contributed by atoms with van der Waals surface area (Å²) in [5.74, 6) is 0.119. The fourth-order valence-corrected chi connectivity index (χ4v) is 3.47. The first-order valence-corrected chi connectivity index (χ1v) is 10.2. The molecule has 11 heteroatoms. The summed E-state index contributed by atoms with van der Waals surface area (Å²) in [5.41, 5.74) is 0.758. The molecule has 0 saturated carbocycles. The molecule has 2 radical (unpaired) electrons. The monoisotopic (exact) mass is 426 g/mol. The first-order chi connectivity index (χ1) is 13.3. The molecule has 152 valence electrons. The Bertz CT molecular complexity index is 678. The third-order valence-electron chi connectivity index (χ3n) is 4.34. The van der Waals surface area contributed by atoms with Gasteiger partial charge < -0.3 is 39.8 Å². The number of aliphatic hydroxyl groups is 2. The van der Waals surface area contributed by atoms with Crippen LogP contribution < -0.4 is 15.4 Å². The fraction of sp³-hybridized carbons (Fsp3) is 0.588. The van der Waals surface area contributed by atoms with Crippen molar-refractivity contribution in [1.29, 1.82) is 0 Å². The molecule has 0 spiro atoms. The van der Waals surface area contributed by atoms with Gasteiger partial charge in [-0.15, -0.1) is 0 Å². The normalized spacial score (nSPS) is 31.5. The van der Waals surface area contributed by atoms with Gasteiger partial charge >= 0.3 is 0 Å². The molecule has 0 aromatic heterocycles. The van der Waals surface area contributed by atoms with Crippen molar-refractivity contribution in [2.45, 2.75) is 50.3 Å². The lowest BCUT2D eigenvalue weighted by molar-refractivity contribution is -0.373. The number of nitrogens with one attached hydrogen (secondary N) is 2. The van der Waals surface area contributed by atoms with Crippen LogP contribution in [0.25, 0.3) is 0 Å². The molecule has 2 heterocycles. The van der Waals surface area contributed by atoms with Crippen LogP contribution in [0.3, 0.4) is 0 Å². The molecule has 28 heavy (non-hydrogen) atoms. The summed E-state index contributed by atoms with van der Waals surface area (Å²) in [4.78, 5) is 0. The Morgan fingerprint density at radius 3 is 2.71 bits per heavy atom. The highest BCUT2D eigenvalue weighted by Crippen LogP contribution is 2.33. The maximum absolute atomic E-state index is 10.4. The van der Waals surface area contributed by atoms with E-state index in [2.05, 4.69) is 10.6 Å². The zero-order valence-corrected chi connectivity index (χ0v) is 17.2. The summed E-state index contributed by atoms with van der Waals surface area (Å²) in [6.45, 7) is 3.73. The van der Waals surface area contributed by atoms with Crippen molar-refractivity contribution in [2.75, 3.05) is 17.8 Å². The van der Waals surface area contributed by atoms with Crippen molar-refractivity contribution < 1.29 is 29.2 Å². The second-order valence-corrected chi connectivity index (χ2v) is 7.93. The Balaban J connectivity index is 1.58. The topological polar surface area (TPSA) is 101 Å². The smallest absolute Gasteiger partial charge is 0.229 e. The van der Waals surface area contributed by atoms with E-state index in [4.69, 9.17) is 38.3 Å². The zero-order valence-electron chi connectivity index (χ0n) is 15.5. The van der Waals surface area contributed by atoms with Crippen LogP contribution in [0.15, 0.2) is 24.3 Å². The molecular weight excluding hydrogens is 403 g/mol. The second-order valence-electron chi connectivity index (χ2n) is 6.90. The van der Waals surface area contributed by atoms with Crippen LogP contribution in [-0.2, 0) is 14.2 Å². The van der Waals surface area contributed by atoms with Gasteiger partial charge in [0.05, 0.1) is 12.5 Å². The van der Waals surface area contributed by atoms with Gasteiger partial charge in [-0.25, -0.2) is 11.6 Å². The highest BCUT2D eigenvalue weighted by Gasteiger charge is 2.51. The number of anilines is 1. The minimum Gasteiger partial charge on any atom is -0.462 e. The fourth-order valence-electron chi connectivity index (χ4n) is 2.96. The number of thiocarbonyl (C=S) groups is 1. The van der Waals surface area contributed by atoms with E-state index >= 15 is 0 Å². The Labute approximate surface area is 174 Å². The number of ether oxygens (including phenoxy) is 4. The number of rotatable bonds is 5. The Kier molecular flexibility index (Phi) is 7.08. The van der Waals surface area contributed by atoms with Crippen LogP contribution in [0.5, 0.6) is 5.75 Å². The summed E-state index contributed by atoms with van der Waals surface area (Å²) >= 11 is 6.27. The molecule has 2 aliphatic rings. The van der Waals surface area contributed by atoms with Crippen LogP contribution >= 0.6 is 23.8 Å². The van der Waals surface area contributed by atoms with Crippen molar-refractivity contribution in [3.63, 3.8) is 0 Å². The molecule has 3 rings (SSSR count). The summed E-state index contributed by atoms with van der Waals surface area (Å²) in [7, 11) is 5.34. The molecule has 0 aliphatic carbocycles. The molecule has 0 bridgehead atoms. The molecule has 2 aliphatic heterocycles. The van der Waals surface area contributed by atoms with E-state index in [9.17, 15) is 10.2 Å². The van der Waals surface area contributed by atoms with Gasteiger partial charge in [0, 0.05) is 5.69 Å². The van der Waals surface area contributed by atoms with Crippen LogP contribution in [-0.4, -0.2) is 71.4 Å². The lowest BCUT2D eigenvalue weighted by Crippen LogP contribution is -2.65. The maximum Gasteiger partial charge on any atom is 0.229 e. The van der Waals surface area contributed by atoms with Crippen molar-refractivity contribution in [1.82, 2.24) is 5.32 Å². The lowest BCUT2D eigenvalue weighted by Gasteiger charge is -2.48. The largest absolute Gasteiger partial charge is 0.462 e. The van der Waals surface area contributed by atoms with Gasteiger partial charge in [-0.1, -0.05) is 0 Å². The summed E-state index contributed by atoms with van der Waals surface area (Å²) < 4.78 is 22.7. The van der Waals surface area contributed by atoms with E-state index in [1.807, 2.05) is 0 Å². The Hall–Kier alpha value is -1.08. The molecule has 1 aromatic rings. The highest BCUT2D eigenvalue weighted by atomic mass is 32.2. The van der Waals surface area contributed by atoms with Gasteiger partial charge in [0.1, 0.15) is 30.2 Å². The molecule has 5 atom stereocenters. The summed E-state index contributed by atoms with van der Waals surface area (Å²) in [5, 5.41) is 27.2. The van der Waals surface area contributed by atoms with Gasteiger partial charge in [-0.05, 0) is 50.3 Å². The third-order valence-corrected chi connectivity index (χ3v) is 4.89. The first-order valence-electron chi connectivity index (χ1n) is 8.76. The van der Waals surface area contributed by atoms with E-state index in [1.54, 1.807) is 38.1 Å². The van der Waals surface area contributed by atoms with Gasteiger partial charge in [0.2, 0.25) is 6.29 Å². The SMILES string of the molecule is [B]SCNC(=S)Nc1ccc(OC2OC3COC(C)(C)OC3C(O)C2O)cc1. The van der Waals surface area contributed by atoms with Gasteiger partial charge in [-0.2, -0.15) is 0 Å². The molecule has 4 N–H and O–H groups in total. The standard InChI is InChI=1S/C17H23BN2O6S2/c1-17(2)23-7-11-14(26-17)12(21)13(22)15(25-11)24-10-5-3-9(4-6-10)20-16(27)19-8-28-18/h3-6,11-15,21-22H,7-8H2,1-2H3,(H2,19,20,27). The molecule has 0 amide bonds. The van der Waals surface area contributed by atoms with E-state index in [0.717, 1.165) is 17.3 Å². The predicted molar refractivity (Wildman–Crippen MR) is 110 cm³/mol. The number of hydrogen-bond donors (Lipinski definition) is 4. The summed E-state index contributed by atoms with van der Waals surface area (Å²) in [6.07, 6.45) is -4.70. The Morgan fingerprint density at radius 2 is 2.04 bits per heavy atom. The minimum atomic E-state index is -1.27. The zero-order chi connectivity index (χ0) is 20.3. The molecule has 5 unspecified atom stereocenters. The quantitative estimate of drug-likeness (QED) is 0.306.